The van der Waals surface area contributed by atoms with Crippen molar-refractivity contribution in [1.82, 2.24) is 10.1 Å². The van der Waals surface area contributed by atoms with Crippen LogP contribution in [0.1, 0.15) is 31.5 Å². The van der Waals surface area contributed by atoms with Crippen molar-refractivity contribution in [2.75, 3.05) is 6.61 Å². The molecule has 1 atom stereocenters. The molecule has 5 nitrogen and oxygen atoms in total. The number of aromatic nitrogens is 2. The zero-order valence-electron chi connectivity index (χ0n) is 11.0. The Morgan fingerprint density at radius 1 is 1.40 bits per heavy atom. The summed E-state index contributed by atoms with van der Waals surface area (Å²) in [6.45, 7) is 0.162. The van der Waals surface area contributed by atoms with Crippen LogP contribution in [0.5, 0.6) is 0 Å². The molecule has 0 aliphatic carbocycles. The van der Waals surface area contributed by atoms with Gasteiger partial charge in [0.1, 0.15) is 13.2 Å². The summed E-state index contributed by atoms with van der Waals surface area (Å²) in [5, 5.41) is 3.49. The lowest BCUT2D eigenvalue weighted by atomic mass is 10.1. The van der Waals surface area contributed by atoms with Crippen LogP contribution in [-0.4, -0.2) is 35.1 Å². The molecule has 9 heteroatoms. The molecule has 1 aromatic rings. The maximum absolute atomic E-state index is 12.6. The van der Waals surface area contributed by atoms with Crippen LogP contribution in [0.25, 0.3) is 0 Å². The minimum atomic E-state index is -4.18. The first-order valence-corrected chi connectivity index (χ1v) is 6.16. The van der Waals surface area contributed by atoms with Crippen molar-refractivity contribution in [3.63, 3.8) is 0 Å². The summed E-state index contributed by atoms with van der Waals surface area (Å²) in [6.07, 6.45) is -1.70. The lowest BCUT2D eigenvalue weighted by molar-refractivity contribution is -0.168. The second-order valence-corrected chi connectivity index (χ2v) is 4.41. The molecule has 0 saturated carbocycles. The van der Waals surface area contributed by atoms with Crippen molar-refractivity contribution in [2.45, 2.75) is 51.2 Å². The Hall–Kier alpha value is -1.22. The molecular formula is C11H17F4N3O2. The van der Waals surface area contributed by atoms with E-state index in [2.05, 4.69) is 14.9 Å². The van der Waals surface area contributed by atoms with E-state index < -0.39 is 25.6 Å². The Bertz CT molecular complexity index is 401. The summed E-state index contributed by atoms with van der Waals surface area (Å²) in [4.78, 5) is 3.88. The molecule has 116 valence electrons. The van der Waals surface area contributed by atoms with Crippen molar-refractivity contribution in [2.24, 2.45) is 5.73 Å². The normalized spacial score (nSPS) is 13.9. The van der Waals surface area contributed by atoms with Gasteiger partial charge in [0, 0.05) is 12.5 Å². The molecule has 0 amide bonds. The lowest BCUT2D eigenvalue weighted by Gasteiger charge is -2.14. The molecule has 1 rings (SSSR count). The van der Waals surface area contributed by atoms with Crippen molar-refractivity contribution < 1.29 is 26.8 Å². The predicted octanol–water partition coefficient (Wildman–Crippen LogP) is 2.16. The van der Waals surface area contributed by atoms with Gasteiger partial charge in [-0.3, -0.25) is 0 Å². The zero-order valence-corrected chi connectivity index (χ0v) is 11.0. The molecule has 0 aromatic carbocycles. The molecular weight excluding hydrogens is 282 g/mol. The summed E-state index contributed by atoms with van der Waals surface area (Å²) in [5.74, 6) is -3.89. The zero-order chi connectivity index (χ0) is 15.2. The molecule has 0 aliphatic heterocycles. The highest BCUT2D eigenvalue weighted by molar-refractivity contribution is 4.87. The summed E-state index contributed by atoms with van der Waals surface area (Å²) in [6, 6.07) is -0.127. The fourth-order valence-electron chi connectivity index (χ4n) is 1.47. The van der Waals surface area contributed by atoms with Crippen molar-refractivity contribution in [3.8, 4) is 0 Å². The number of ether oxygens (including phenoxy) is 1. The highest BCUT2D eigenvalue weighted by Crippen LogP contribution is 2.23. The average molecular weight is 299 g/mol. The highest BCUT2D eigenvalue weighted by atomic mass is 19.3. The van der Waals surface area contributed by atoms with Crippen molar-refractivity contribution >= 4 is 0 Å². The third kappa shape index (κ3) is 5.41. The maximum atomic E-state index is 12.6. The molecule has 0 spiro atoms. The van der Waals surface area contributed by atoms with E-state index in [1.807, 2.05) is 6.92 Å². The van der Waals surface area contributed by atoms with E-state index in [1.54, 1.807) is 0 Å². The topological polar surface area (TPSA) is 74.2 Å². The van der Waals surface area contributed by atoms with Crippen LogP contribution in [0, 0.1) is 0 Å². The van der Waals surface area contributed by atoms with Gasteiger partial charge in [-0.1, -0.05) is 18.5 Å². The van der Waals surface area contributed by atoms with E-state index in [1.165, 1.54) is 0 Å². The molecule has 0 bridgehead atoms. The molecule has 2 N–H and O–H groups in total. The molecule has 0 fully saturated rings. The first-order chi connectivity index (χ1) is 9.35. The fraction of sp³-hybridized carbons (Fsp3) is 0.818. The van der Waals surface area contributed by atoms with Gasteiger partial charge < -0.3 is 15.0 Å². The average Bonchev–Trinajstić information content (AvgIpc) is 2.76. The SMILES string of the molecule is CCCC(N)Cc1nc(COCC(F)(F)C(F)F)no1. The third-order valence-electron chi connectivity index (χ3n) is 2.45. The van der Waals surface area contributed by atoms with E-state index >= 15 is 0 Å². The predicted molar refractivity (Wildman–Crippen MR) is 61.5 cm³/mol. The van der Waals surface area contributed by atoms with Gasteiger partial charge in [-0.2, -0.15) is 13.8 Å². The maximum Gasteiger partial charge on any atom is 0.330 e. The molecule has 0 radical (unpaired) electrons. The smallest absolute Gasteiger partial charge is 0.330 e. The molecule has 0 saturated heterocycles. The molecule has 0 aliphatic rings. The van der Waals surface area contributed by atoms with Gasteiger partial charge in [-0.15, -0.1) is 0 Å². The Kier molecular flexibility index (Phi) is 6.34. The van der Waals surface area contributed by atoms with Gasteiger partial charge in [0.05, 0.1) is 0 Å². The van der Waals surface area contributed by atoms with Crippen molar-refractivity contribution in [3.05, 3.63) is 11.7 Å². The van der Waals surface area contributed by atoms with Crippen LogP contribution < -0.4 is 5.73 Å². The number of rotatable bonds is 9. The Labute approximate surface area is 113 Å². The van der Waals surface area contributed by atoms with Crippen LogP contribution in [0.2, 0.25) is 0 Å². The molecule has 20 heavy (non-hydrogen) atoms. The first kappa shape index (κ1) is 16.8. The Morgan fingerprint density at radius 3 is 2.70 bits per heavy atom. The van der Waals surface area contributed by atoms with Crippen LogP contribution >= 0.6 is 0 Å². The third-order valence-corrected chi connectivity index (χ3v) is 2.45. The quantitative estimate of drug-likeness (QED) is 0.707. The molecule has 1 heterocycles. The first-order valence-electron chi connectivity index (χ1n) is 6.16. The van der Waals surface area contributed by atoms with Gasteiger partial charge in [0.2, 0.25) is 5.89 Å². The summed E-state index contributed by atoms with van der Waals surface area (Å²) >= 11 is 0. The minimum absolute atomic E-state index is 0.0220. The number of halogens is 4. The number of nitrogens with zero attached hydrogens (tertiary/aromatic N) is 2. The fourth-order valence-corrected chi connectivity index (χ4v) is 1.47. The standard InChI is InChI=1S/C11H17F4N3O2/c1-2-3-7(16)4-9-17-8(18-20-9)5-19-6-11(14,15)10(12)13/h7,10H,2-6,16H2,1H3. The van der Waals surface area contributed by atoms with E-state index in [-0.39, 0.29) is 17.8 Å². The van der Waals surface area contributed by atoms with E-state index in [9.17, 15) is 17.6 Å². The second kappa shape index (κ2) is 7.53. The van der Waals surface area contributed by atoms with Crippen molar-refractivity contribution in [1.29, 1.82) is 0 Å². The molecule has 1 aromatic heterocycles. The second-order valence-electron chi connectivity index (χ2n) is 4.41. The largest absolute Gasteiger partial charge is 0.367 e. The minimum Gasteiger partial charge on any atom is -0.367 e. The number of hydrogen-bond donors (Lipinski definition) is 1. The Balaban J connectivity index is 2.37. The molecule has 1 unspecified atom stereocenters. The summed E-state index contributed by atoms with van der Waals surface area (Å²) in [7, 11) is 0. The Morgan fingerprint density at radius 2 is 2.10 bits per heavy atom. The van der Waals surface area contributed by atoms with Gasteiger partial charge in [0.25, 0.3) is 0 Å². The van der Waals surface area contributed by atoms with Crippen LogP contribution in [0.15, 0.2) is 4.52 Å². The number of nitrogens with two attached hydrogens (primary N) is 1. The highest BCUT2D eigenvalue weighted by Gasteiger charge is 2.41. The summed E-state index contributed by atoms with van der Waals surface area (Å²) < 4.78 is 58.2. The van der Waals surface area contributed by atoms with Gasteiger partial charge in [-0.05, 0) is 6.42 Å². The van der Waals surface area contributed by atoms with E-state index in [0.29, 0.717) is 6.42 Å². The lowest BCUT2D eigenvalue weighted by Crippen LogP contribution is -2.32. The monoisotopic (exact) mass is 299 g/mol. The van der Waals surface area contributed by atoms with Gasteiger partial charge in [0.15, 0.2) is 5.82 Å². The van der Waals surface area contributed by atoms with E-state index in [0.717, 1.165) is 12.8 Å². The van der Waals surface area contributed by atoms with Gasteiger partial charge in [-0.25, -0.2) is 8.78 Å². The summed E-state index contributed by atoms with van der Waals surface area (Å²) in [5.41, 5.74) is 5.77. The van der Waals surface area contributed by atoms with Crippen LogP contribution in [0.3, 0.4) is 0 Å². The van der Waals surface area contributed by atoms with Gasteiger partial charge >= 0.3 is 12.3 Å². The van der Waals surface area contributed by atoms with Crippen LogP contribution in [0.4, 0.5) is 17.6 Å². The van der Waals surface area contributed by atoms with Crippen LogP contribution in [-0.2, 0) is 17.8 Å². The number of hydrogen-bond acceptors (Lipinski definition) is 5. The number of alkyl halides is 4. The van der Waals surface area contributed by atoms with E-state index in [4.69, 9.17) is 10.3 Å².